The molecule has 0 atom stereocenters. The monoisotopic (exact) mass is 364 g/mol. The van der Waals surface area contributed by atoms with Crippen LogP contribution in [0, 0.1) is 5.41 Å². The Bertz CT molecular complexity index is 645. The lowest BCUT2D eigenvalue weighted by Crippen LogP contribution is -2.47. The van der Waals surface area contributed by atoms with E-state index in [2.05, 4.69) is 26.1 Å². The highest BCUT2D eigenvalue weighted by molar-refractivity contribution is 5.91. The third-order valence-corrected chi connectivity index (χ3v) is 3.26. The number of hydrogen-bond donors (Lipinski definition) is 2. The van der Waals surface area contributed by atoms with E-state index in [0.29, 0.717) is 5.75 Å². The first kappa shape index (κ1) is 21.5. The molecule has 0 aliphatic carbocycles. The first-order chi connectivity index (χ1) is 11.9. The molecule has 0 bridgehead atoms. The highest BCUT2D eigenvalue weighted by Gasteiger charge is 2.27. The number of carbonyl (C=O) groups excluding carboxylic acids is 3. The van der Waals surface area contributed by atoms with Crippen LogP contribution in [0.1, 0.15) is 51.4 Å². The van der Waals surface area contributed by atoms with Crippen LogP contribution in [-0.4, -0.2) is 36.5 Å². The Morgan fingerprint density at radius 1 is 1.00 bits per heavy atom. The molecule has 1 rings (SSSR count). The molecular formula is C19H28N2O5. The summed E-state index contributed by atoms with van der Waals surface area (Å²) < 4.78 is 10.1. The van der Waals surface area contributed by atoms with E-state index in [0.717, 1.165) is 6.42 Å². The molecule has 0 unspecified atom stereocenters. The standard InChI is InChI=1S/C19H28N2O5/c1-18(2,3)12-19(4,5)21-16(23)11-26-17(24)13-6-8-14(9-7-13)25-10-15(20)22/h6-9H,10-12H2,1-5H3,(H2,20,22)(H,21,23). The van der Waals surface area contributed by atoms with Gasteiger partial charge in [-0.1, -0.05) is 20.8 Å². The normalized spacial score (nSPS) is 11.6. The van der Waals surface area contributed by atoms with E-state index in [9.17, 15) is 14.4 Å². The summed E-state index contributed by atoms with van der Waals surface area (Å²) in [7, 11) is 0. The average Bonchev–Trinajstić information content (AvgIpc) is 2.48. The summed E-state index contributed by atoms with van der Waals surface area (Å²) in [5.74, 6) is -1.15. The Morgan fingerprint density at radius 3 is 2.08 bits per heavy atom. The lowest BCUT2D eigenvalue weighted by molar-refractivity contribution is -0.126. The van der Waals surface area contributed by atoms with Crippen molar-refractivity contribution >= 4 is 17.8 Å². The van der Waals surface area contributed by atoms with Crippen molar-refractivity contribution in [3.63, 3.8) is 0 Å². The van der Waals surface area contributed by atoms with E-state index in [4.69, 9.17) is 15.2 Å². The molecule has 0 aliphatic rings. The Balaban J connectivity index is 2.50. The molecule has 1 aromatic rings. The molecule has 144 valence electrons. The Hall–Kier alpha value is -2.57. The zero-order valence-corrected chi connectivity index (χ0v) is 16.0. The van der Waals surface area contributed by atoms with Gasteiger partial charge in [-0.15, -0.1) is 0 Å². The SMILES string of the molecule is CC(C)(C)CC(C)(C)NC(=O)COC(=O)c1ccc(OCC(N)=O)cc1. The van der Waals surface area contributed by atoms with Crippen molar-refractivity contribution in [3.05, 3.63) is 29.8 Å². The largest absolute Gasteiger partial charge is 0.484 e. The third kappa shape index (κ3) is 8.50. The number of rotatable bonds is 8. The van der Waals surface area contributed by atoms with Crippen LogP contribution in [0.3, 0.4) is 0 Å². The molecule has 2 amide bonds. The smallest absolute Gasteiger partial charge is 0.338 e. The summed E-state index contributed by atoms with van der Waals surface area (Å²) in [5, 5.41) is 2.88. The van der Waals surface area contributed by atoms with Crippen LogP contribution >= 0.6 is 0 Å². The van der Waals surface area contributed by atoms with Gasteiger partial charge in [0.05, 0.1) is 5.56 Å². The summed E-state index contributed by atoms with van der Waals surface area (Å²) in [4.78, 5) is 34.7. The molecule has 0 radical (unpaired) electrons. The molecule has 0 saturated carbocycles. The zero-order chi connectivity index (χ0) is 20.0. The van der Waals surface area contributed by atoms with Crippen molar-refractivity contribution in [3.8, 4) is 5.75 Å². The van der Waals surface area contributed by atoms with Crippen LogP contribution in [0.15, 0.2) is 24.3 Å². The number of benzene rings is 1. The van der Waals surface area contributed by atoms with E-state index < -0.39 is 17.4 Å². The van der Waals surface area contributed by atoms with Gasteiger partial charge in [-0.3, -0.25) is 9.59 Å². The number of nitrogens with one attached hydrogen (secondary N) is 1. The minimum atomic E-state index is -0.616. The van der Waals surface area contributed by atoms with Gasteiger partial charge in [0, 0.05) is 5.54 Å². The number of hydrogen-bond acceptors (Lipinski definition) is 5. The topological polar surface area (TPSA) is 108 Å². The summed E-state index contributed by atoms with van der Waals surface area (Å²) >= 11 is 0. The summed E-state index contributed by atoms with van der Waals surface area (Å²) in [6, 6.07) is 6.01. The molecule has 7 heteroatoms. The minimum absolute atomic E-state index is 0.0613. The molecule has 26 heavy (non-hydrogen) atoms. The molecule has 7 nitrogen and oxygen atoms in total. The van der Waals surface area contributed by atoms with Gasteiger partial charge < -0.3 is 20.5 Å². The fourth-order valence-corrected chi connectivity index (χ4v) is 2.84. The van der Waals surface area contributed by atoms with E-state index in [1.54, 1.807) is 0 Å². The van der Waals surface area contributed by atoms with Gasteiger partial charge in [0.15, 0.2) is 13.2 Å². The maximum atomic E-state index is 12.0. The van der Waals surface area contributed by atoms with E-state index in [-0.39, 0.29) is 30.1 Å². The second-order valence-electron chi connectivity index (χ2n) is 8.02. The lowest BCUT2D eigenvalue weighted by atomic mass is 9.82. The number of esters is 1. The van der Waals surface area contributed by atoms with Crippen LogP contribution in [0.25, 0.3) is 0 Å². The van der Waals surface area contributed by atoms with Crippen molar-refractivity contribution in [2.75, 3.05) is 13.2 Å². The fraction of sp³-hybridized carbons (Fsp3) is 0.526. The van der Waals surface area contributed by atoms with Crippen LogP contribution in [-0.2, 0) is 14.3 Å². The molecule has 1 aromatic carbocycles. The fourth-order valence-electron chi connectivity index (χ4n) is 2.84. The Morgan fingerprint density at radius 2 is 1.58 bits per heavy atom. The van der Waals surface area contributed by atoms with Crippen LogP contribution in [0.2, 0.25) is 0 Å². The molecule has 0 aromatic heterocycles. The summed E-state index contributed by atoms with van der Waals surface area (Å²) in [5.41, 5.74) is 4.92. The van der Waals surface area contributed by atoms with Crippen molar-refractivity contribution in [2.24, 2.45) is 11.1 Å². The molecule has 3 N–H and O–H groups in total. The average molecular weight is 364 g/mol. The third-order valence-electron chi connectivity index (χ3n) is 3.26. The number of carbonyl (C=O) groups is 3. The van der Waals surface area contributed by atoms with Crippen LogP contribution in [0.5, 0.6) is 5.75 Å². The van der Waals surface area contributed by atoms with Crippen LogP contribution in [0.4, 0.5) is 0 Å². The first-order valence-corrected chi connectivity index (χ1v) is 8.37. The minimum Gasteiger partial charge on any atom is -0.484 e. The second kappa shape index (κ2) is 8.69. The lowest BCUT2D eigenvalue weighted by Gasteiger charge is -2.33. The van der Waals surface area contributed by atoms with Crippen molar-refractivity contribution < 1.29 is 23.9 Å². The molecule has 0 saturated heterocycles. The highest BCUT2D eigenvalue weighted by Crippen LogP contribution is 2.26. The molecule has 0 aliphatic heterocycles. The van der Waals surface area contributed by atoms with Gasteiger partial charge in [-0.2, -0.15) is 0 Å². The van der Waals surface area contributed by atoms with E-state index in [1.165, 1.54) is 24.3 Å². The van der Waals surface area contributed by atoms with Gasteiger partial charge in [0.25, 0.3) is 11.8 Å². The van der Waals surface area contributed by atoms with Crippen molar-refractivity contribution in [1.82, 2.24) is 5.32 Å². The van der Waals surface area contributed by atoms with Gasteiger partial charge in [0.1, 0.15) is 5.75 Å². The van der Waals surface area contributed by atoms with Crippen LogP contribution < -0.4 is 15.8 Å². The number of nitrogens with two attached hydrogens (primary N) is 1. The predicted molar refractivity (Wildman–Crippen MR) is 97.7 cm³/mol. The molecule has 0 spiro atoms. The van der Waals surface area contributed by atoms with Gasteiger partial charge in [-0.05, 0) is 49.9 Å². The Kier molecular flexibility index (Phi) is 7.18. The second-order valence-corrected chi connectivity index (χ2v) is 8.02. The molecule has 0 fully saturated rings. The number of primary amides is 1. The van der Waals surface area contributed by atoms with Crippen molar-refractivity contribution in [2.45, 2.75) is 46.6 Å². The molecule has 0 heterocycles. The van der Waals surface area contributed by atoms with Crippen molar-refractivity contribution in [1.29, 1.82) is 0 Å². The van der Waals surface area contributed by atoms with E-state index >= 15 is 0 Å². The maximum absolute atomic E-state index is 12.0. The van der Waals surface area contributed by atoms with Gasteiger partial charge in [0.2, 0.25) is 0 Å². The predicted octanol–water partition coefficient (Wildman–Crippen LogP) is 2.04. The zero-order valence-electron chi connectivity index (χ0n) is 16.0. The van der Waals surface area contributed by atoms with Gasteiger partial charge >= 0.3 is 5.97 Å². The Labute approximate surface area is 154 Å². The van der Waals surface area contributed by atoms with E-state index in [1.807, 2.05) is 13.8 Å². The summed E-state index contributed by atoms with van der Waals surface area (Å²) in [6.45, 7) is 9.56. The highest BCUT2D eigenvalue weighted by atomic mass is 16.5. The first-order valence-electron chi connectivity index (χ1n) is 8.37. The number of ether oxygens (including phenoxy) is 2. The quantitative estimate of drug-likeness (QED) is 0.686. The molecular weight excluding hydrogens is 336 g/mol. The van der Waals surface area contributed by atoms with Gasteiger partial charge in [-0.25, -0.2) is 4.79 Å². The maximum Gasteiger partial charge on any atom is 0.338 e. The number of amides is 2. The summed E-state index contributed by atoms with van der Waals surface area (Å²) in [6.07, 6.45) is 0.784.